The molecule has 0 bridgehead atoms. The number of aromatic nitrogens is 1. The zero-order valence-electron chi connectivity index (χ0n) is 10.3. The molecule has 0 spiro atoms. The van der Waals surface area contributed by atoms with Gasteiger partial charge in [0, 0.05) is 12.8 Å². The van der Waals surface area contributed by atoms with E-state index in [2.05, 4.69) is 18.8 Å². The third kappa shape index (κ3) is 4.82. The molecule has 1 aromatic rings. The van der Waals surface area contributed by atoms with Crippen LogP contribution >= 0.6 is 0 Å². The smallest absolute Gasteiger partial charge is 0.148 e. The van der Waals surface area contributed by atoms with Gasteiger partial charge in [0.05, 0.1) is 6.61 Å². The molecular weight excluding hydrogens is 218 g/mol. The quantitative estimate of drug-likeness (QED) is 0.427. The van der Waals surface area contributed by atoms with E-state index in [-0.39, 0.29) is 5.84 Å². The molecule has 0 radical (unpaired) electrons. The number of pyridine rings is 1. The summed E-state index contributed by atoms with van der Waals surface area (Å²) in [6.45, 7) is 5.85. The Balaban J connectivity index is 2.39. The van der Waals surface area contributed by atoms with Gasteiger partial charge in [-0.2, -0.15) is 0 Å². The number of nitrogens with two attached hydrogens (primary N) is 1. The summed E-state index contributed by atoms with van der Waals surface area (Å²) < 4.78 is 10.9. The Morgan fingerprint density at radius 2 is 2.24 bits per heavy atom. The van der Waals surface area contributed by atoms with Crippen LogP contribution in [0.5, 0.6) is 5.75 Å². The number of nitrogens with zero attached hydrogens (tertiary/aromatic N) is 1. The molecule has 0 amide bonds. The minimum atomic E-state index is -0.0938. The highest BCUT2D eigenvalue weighted by Crippen LogP contribution is 2.14. The molecule has 1 heterocycles. The number of hydrogen-bond donors (Lipinski definition) is 2. The summed E-state index contributed by atoms with van der Waals surface area (Å²) in [6.07, 6.45) is 1.58. The van der Waals surface area contributed by atoms with Gasteiger partial charge in [-0.05, 0) is 18.1 Å². The number of nitrogens with one attached hydrogen (secondary N) is 1. The summed E-state index contributed by atoms with van der Waals surface area (Å²) in [5.41, 5.74) is 5.77. The molecule has 3 N–H and O–H groups in total. The average Bonchev–Trinajstić information content (AvgIpc) is 2.28. The zero-order chi connectivity index (χ0) is 12.7. The van der Waals surface area contributed by atoms with Crippen LogP contribution in [0.3, 0.4) is 0 Å². The first kappa shape index (κ1) is 13.4. The Hall–Kier alpha value is -1.62. The van der Waals surface area contributed by atoms with E-state index in [1.165, 1.54) is 0 Å². The zero-order valence-corrected chi connectivity index (χ0v) is 10.3. The van der Waals surface area contributed by atoms with Crippen molar-refractivity contribution >= 4 is 5.84 Å². The number of rotatable bonds is 7. The van der Waals surface area contributed by atoms with E-state index in [9.17, 15) is 0 Å². The second kappa shape index (κ2) is 6.85. The van der Waals surface area contributed by atoms with Crippen molar-refractivity contribution in [3.05, 3.63) is 24.0 Å². The van der Waals surface area contributed by atoms with Gasteiger partial charge in [0.1, 0.15) is 23.9 Å². The van der Waals surface area contributed by atoms with Crippen LogP contribution < -0.4 is 10.5 Å². The van der Waals surface area contributed by atoms with Gasteiger partial charge in [-0.15, -0.1) is 0 Å². The van der Waals surface area contributed by atoms with E-state index in [0.29, 0.717) is 30.6 Å². The van der Waals surface area contributed by atoms with E-state index in [0.717, 1.165) is 6.61 Å². The fourth-order valence-electron chi connectivity index (χ4n) is 1.24. The first-order valence-corrected chi connectivity index (χ1v) is 5.61. The van der Waals surface area contributed by atoms with E-state index in [1.54, 1.807) is 18.3 Å². The minimum absolute atomic E-state index is 0.0938. The van der Waals surface area contributed by atoms with Crippen molar-refractivity contribution in [3.63, 3.8) is 0 Å². The van der Waals surface area contributed by atoms with Crippen LogP contribution in [-0.2, 0) is 4.74 Å². The summed E-state index contributed by atoms with van der Waals surface area (Å²) >= 11 is 0. The van der Waals surface area contributed by atoms with E-state index < -0.39 is 0 Å². The topological polar surface area (TPSA) is 81.2 Å². The van der Waals surface area contributed by atoms with Gasteiger partial charge in [0.25, 0.3) is 0 Å². The molecule has 0 saturated heterocycles. The molecule has 0 aromatic carbocycles. The normalized spacial score (nSPS) is 10.5. The molecule has 1 rings (SSSR count). The lowest BCUT2D eigenvalue weighted by molar-refractivity contribution is 0.0817. The molecule has 0 saturated carbocycles. The van der Waals surface area contributed by atoms with Gasteiger partial charge in [-0.1, -0.05) is 13.8 Å². The second-order valence-electron chi connectivity index (χ2n) is 4.08. The van der Waals surface area contributed by atoms with Gasteiger partial charge in [-0.25, -0.2) is 4.98 Å². The Morgan fingerprint density at radius 1 is 1.47 bits per heavy atom. The molecule has 1 aromatic heterocycles. The molecule has 0 atom stereocenters. The number of ether oxygens (including phenoxy) is 2. The highest BCUT2D eigenvalue weighted by Gasteiger charge is 2.06. The van der Waals surface area contributed by atoms with Crippen LogP contribution in [0.1, 0.15) is 19.5 Å². The van der Waals surface area contributed by atoms with Crippen LogP contribution in [0.25, 0.3) is 0 Å². The number of nitrogen functional groups attached to an aromatic ring is 1. The highest BCUT2D eigenvalue weighted by molar-refractivity contribution is 5.95. The fourth-order valence-corrected chi connectivity index (χ4v) is 1.24. The molecule has 17 heavy (non-hydrogen) atoms. The third-order valence-corrected chi connectivity index (χ3v) is 1.96. The predicted molar refractivity (Wildman–Crippen MR) is 66.4 cm³/mol. The predicted octanol–water partition coefficient (Wildman–Crippen LogP) is 1.42. The van der Waals surface area contributed by atoms with Crippen LogP contribution in [0.2, 0.25) is 0 Å². The molecule has 94 valence electrons. The summed E-state index contributed by atoms with van der Waals surface area (Å²) in [4.78, 5) is 3.99. The van der Waals surface area contributed by atoms with Crippen molar-refractivity contribution in [1.82, 2.24) is 4.98 Å². The summed E-state index contributed by atoms with van der Waals surface area (Å²) in [6, 6.07) is 3.49. The number of hydrogen-bond acceptors (Lipinski definition) is 4. The van der Waals surface area contributed by atoms with Gasteiger partial charge < -0.3 is 15.2 Å². The van der Waals surface area contributed by atoms with Gasteiger partial charge in [0.15, 0.2) is 0 Å². The van der Waals surface area contributed by atoms with Gasteiger partial charge in [-0.3, -0.25) is 5.41 Å². The van der Waals surface area contributed by atoms with E-state index in [4.69, 9.17) is 20.6 Å². The molecule has 0 unspecified atom stereocenters. The lowest BCUT2D eigenvalue weighted by atomic mass is 10.2. The molecule has 0 fully saturated rings. The Kier molecular flexibility index (Phi) is 5.42. The molecule has 5 heteroatoms. The molecule has 0 aliphatic heterocycles. The molecule has 5 nitrogen and oxygen atoms in total. The van der Waals surface area contributed by atoms with Crippen molar-refractivity contribution < 1.29 is 9.47 Å². The molecular formula is C12H19N3O2. The first-order valence-electron chi connectivity index (χ1n) is 5.61. The largest absolute Gasteiger partial charge is 0.489 e. The molecule has 0 aliphatic carbocycles. The van der Waals surface area contributed by atoms with Crippen LogP contribution in [0, 0.1) is 11.3 Å². The van der Waals surface area contributed by atoms with Crippen molar-refractivity contribution in [2.24, 2.45) is 11.7 Å². The fraction of sp³-hybridized carbons (Fsp3) is 0.500. The Morgan fingerprint density at radius 3 is 2.88 bits per heavy atom. The maximum atomic E-state index is 7.35. The standard InChI is InChI=1S/C12H19N3O2/c1-9(2)8-16-6-7-17-10-4-3-5-15-11(10)12(13)14/h3-5,9H,6-8H2,1-2H3,(H3,13,14). The van der Waals surface area contributed by atoms with Gasteiger partial charge in [0.2, 0.25) is 0 Å². The Labute approximate surface area is 101 Å². The SMILES string of the molecule is CC(C)COCCOc1cccnc1C(=N)N. The lowest BCUT2D eigenvalue weighted by Gasteiger charge is -2.10. The Bertz CT molecular complexity index is 367. The monoisotopic (exact) mass is 237 g/mol. The van der Waals surface area contributed by atoms with Crippen molar-refractivity contribution in [3.8, 4) is 5.75 Å². The summed E-state index contributed by atoms with van der Waals surface area (Å²) in [7, 11) is 0. The third-order valence-electron chi connectivity index (χ3n) is 1.96. The van der Waals surface area contributed by atoms with Crippen LogP contribution in [0.4, 0.5) is 0 Å². The van der Waals surface area contributed by atoms with Gasteiger partial charge >= 0.3 is 0 Å². The van der Waals surface area contributed by atoms with Crippen molar-refractivity contribution in [2.45, 2.75) is 13.8 Å². The maximum absolute atomic E-state index is 7.35. The van der Waals surface area contributed by atoms with Crippen LogP contribution in [0.15, 0.2) is 18.3 Å². The summed E-state index contributed by atoms with van der Waals surface area (Å²) in [5.74, 6) is 0.943. The van der Waals surface area contributed by atoms with Crippen LogP contribution in [-0.4, -0.2) is 30.6 Å². The minimum Gasteiger partial charge on any atom is -0.489 e. The maximum Gasteiger partial charge on any atom is 0.148 e. The van der Waals surface area contributed by atoms with Crippen molar-refractivity contribution in [2.75, 3.05) is 19.8 Å². The van der Waals surface area contributed by atoms with Crippen molar-refractivity contribution in [1.29, 1.82) is 5.41 Å². The first-order chi connectivity index (χ1) is 8.11. The second-order valence-corrected chi connectivity index (χ2v) is 4.08. The number of amidine groups is 1. The summed E-state index contributed by atoms with van der Waals surface area (Å²) in [5, 5.41) is 7.35. The van der Waals surface area contributed by atoms with E-state index >= 15 is 0 Å². The molecule has 0 aliphatic rings. The highest BCUT2D eigenvalue weighted by atomic mass is 16.5. The lowest BCUT2D eigenvalue weighted by Crippen LogP contribution is -2.16. The average molecular weight is 237 g/mol. The van der Waals surface area contributed by atoms with E-state index in [1.807, 2.05) is 0 Å².